The summed E-state index contributed by atoms with van der Waals surface area (Å²) in [7, 11) is 0. The maximum Gasteiger partial charge on any atom is 0.226 e. The van der Waals surface area contributed by atoms with Crippen LogP contribution >= 0.6 is 0 Å². The van der Waals surface area contributed by atoms with Gasteiger partial charge in [-0.15, -0.1) is 0 Å². The minimum absolute atomic E-state index is 0.116. The molecule has 2 unspecified atom stereocenters. The Bertz CT molecular complexity index is 758. The number of hydrogen-bond donors (Lipinski definition) is 1. The molecule has 0 bridgehead atoms. The highest BCUT2D eigenvalue weighted by molar-refractivity contribution is 5.85. The fraction of sp³-hybridized carbons (Fsp3) is 0.409. The van der Waals surface area contributed by atoms with Crippen LogP contribution in [0, 0.1) is 5.92 Å². The minimum Gasteiger partial charge on any atom is -0.338 e. The number of nitrogens with two attached hydrogens (primary N) is 1. The SMILES string of the molecule is NCCCN(Cc1ccccc1)C(=O)C1CC12CCc1ccccc12. The lowest BCUT2D eigenvalue weighted by Crippen LogP contribution is -2.35. The fourth-order valence-electron chi connectivity index (χ4n) is 4.49. The molecule has 0 saturated heterocycles. The first-order valence-corrected chi connectivity index (χ1v) is 9.36. The van der Waals surface area contributed by atoms with E-state index in [4.69, 9.17) is 5.73 Å². The Morgan fingerprint density at radius 1 is 1.12 bits per heavy atom. The van der Waals surface area contributed by atoms with Gasteiger partial charge in [-0.2, -0.15) is 0 Å². The number of rotatable bonds is 6. The van der Waals surface area contributed by atoms with Crippen LogP contribution < -0.4 is 5.73 Å². The summed E-state index contributed by atoms with van der Waals surface area (Å²) in [4.78, 5) is 15.3. The second kappa shape index (κ2) is 6.64. The molecule has 1 amide bonds. The Morgan fingerprint density at radius 2 is 1.88 bits per heavy atom. The van der Waals surface area contributed by atoms with E-state index < -0.39 is 0 Å². The van der Waals surface area contributed by atoms with Gasteiger partial charge in [0.2, 0.25) is 5.91 Å². The number of amides is 1. The molecule has 1 saturated carbocycles. The van der Waals surface area contributed by atoms with Crippen LogP contribution in [-0.4, -0.2) is 23.9 Å². The molecule has 130 valence electrons. The van der Waals surface area contributed by atoms with E-state index in [9.17, 15) is 4.79 Å². The van der Waals surface area contributed by atoms with E-state index in [0.29, 0.717) is 19.0 Å². The van der Waals surface area contributed by atoms with Crippen LogP contribution in [0.4, 0.5) is 0 Å². The van der Waals surface area contributed by atoms with Gasteiger partial charge in [-0.25, -0.2) is 0 Å². The van der Waals surface area contributed by atoms with Crippen LogP contribution in [0.25, 0.3) is 0 Å². The van der Waals surface area contributed by atoms with Crippen LogP contribution in [0.1, 0.15) is 36.0 Å². The summed E-state index contributed by atoms with van der Waals surface area (Å²) in [5, 5.41) is 0. The van der Waals surface area contributed by atoms with Crippen molar-refractivity contribution in [3.05, 3.63) is 71.3 Å². The summed E-state index contributed by atoms with van der Waals surface area (Å²) in [6.45, 7) is 2.06. The second-order valence-electron chi connectivity index (χ2n) is 7.46. The smallest absolute Gasteiger partial charge is 0.226 e. The largest absolute Gasteiger partial charge is 0.338 e. The van der Waals surface area contributed by atoms with Crippen molar-refractivity contribution in [1.82, 2.24) is 4.90 Å². The summed E-state index contributed by atoms with van der Waals surface area (Å²) >= 11 is 0. The maximum atomic E-state index is 13.3. The topological polar surface area (TPSA) is 46.3 Å². The Labute approximate surface area is 149 Å². The van der Waals surface area contributed by atoms with Gasteiger partial charge in [0.1, 0.15) is 0 Å². The standard InChI is InChI=1S/C22H26N2O/c23-13-6-14-24(16-17-7-2-1-3-8-17)21(25)20-15-22(20)12-11-18-9-4-5-10-19(18)22/h1-5,7-10,20H,6,11-16,23H2. The van der Waals surface area contributed by atoms with Gasteiger partial charge in [-0.3, -0.25) is 4.79 Å². The molecule has 4 rings (SSSR count). The molecular formula is C22H26N2O. The van der Waals surface area contributed by atoms with Crippen LogP contribution in [0.3, 0.4) is 0 Å². The van der Waals surface area contributed by atoms with E-state index in [1.54, 1.807) is 0 Å². The number of hydrogen-bond acceptors (Lipinski definition) is 2. The third-order valence-electron chi connectivity index (χ3n) is 5.93. The van der Waals surface area contributed by atoms with Crippen molar-refractivity contribution >= 4 is 5.91 Å². The molecule has 1 fully saturated rings. The van der Waals surface area contributed by atoms with Crippen molar-refractivity contribution in [3.63, 3.8) is 0 Å². The van der Waals surface area contributed by atoms with E-state index >= 15 is 0 Å². The molecule has 2 aromatic carbocycles. The van der Waals surface area contributed by atoms with Gasteiger partial charge < -0.3 is 10.6 Å². The highest BCUT2D eigenvalue weighted by Gasteiger charge is 2.61. The third-order valence-corrected chi connectivity index (χ3v) is 5.93. The van der Waals surface area contributed by atoms with E-state index in [0.717, 1.165) is 32.2 Å². The normalized spacial score (nSPS) is 23.5. The number of carbonyl (C=O) groups is 1. The van der Waals surface area contributed by atoms with Gasteiger partial charge in [-0.1, -0.05) is 54.6 Å². The van der Waals surface area contributed by atoms with Gasteiger partial charge in [0.25, 0.3) is 0 Å². The first-order chi connectivity index (χ1) is 12.2. The molecule has 0 radical (unpaired) electrons. The van der Waals surface area contributed by atoms with Crippen LogP contribution in [0.15, 0.2) is 54.6 Å². The molecule has 2 N–H and O–H groups in total. The minimum atomic E-state index is 0.116. The lowest BCUT2D eigenvalue weighted by Gasteiger charge is -2.24. The van der Waals surface area contributed by atoms with E-state index in [-0.39, 0.29) is 11.3 Å². The zero-order chi connectivity index (χ0) is 17.3. The lowest BCUT2D eigenvalue weighted by molar-refractivity contribution is -0.133. The van der Waals surface area contributed by atoms with Crippen molar-refractivity contribution in [2.24, 2.45) is 11.7 Å². The summed E-state index contributed by atoms with van der Waals surface area (Å²) in [6, 6.07) is 19.0. The first-order valence-electron chi connectivity index (χ1n) is 9.36. The summed E-state index contributed by atoms with van der Waals surface area (Å²) in [5.74, 6) is 0.464. The molecule has 2 aliphatic carbocycles. The van der Waals surface area contributed by atoms with Crippen LogP contribution in [0.5, 0.6) is 0 Å². The second-order valence-corrected chi connectivity index (χ2v) is 7.46. The van der Waals surface area contributed by atoms with Crippen molar-refractivity contribution < 1.29 is 4.79 Å². The molecular weight excluding hydrogens is 308 g/mol. The average molecular weight is 334 g/mol. The van der Waals surface area contributed by atoms with E-state index in [2.05, 4.69) is 36.4 Å². The molecule has 2 aliphatic rings. The number of carbonyl (C=O) groups excluding carboxylic acids is 1. The molecule has 1 spiro atoms. The van der Waals surface area contributed by atoms with Crippen molar-refractivity contribution in [3.8, 4) is 0 Å². The predicted octanol–water partition coefficient (Wildman–Crippen LogP) is 3.27. The highest BCUT2D eigenvalue weighted by atomic mass is 16.2. The van der Waals surface area contributed by atoms with E-state index in [1.165, 1.54) is 16.7 Å². The van der Waals surface area contributed by atoms with Gasteiger partial charge in [0, 0.05) is 24.4 Å². The summed E-state index contributed by atoms with van der Waals surface area (Å²) in [6.07, 6.45) is 4.10. The predicted molar refractivity (Wildman–Crippen MR) is 100 cm³/mol. The molecule has 0 aromatic heterocycles. The molecule has 25 heavy (non-hydrogen) atoms. The van der Waals surface area contributed by atoms with E-state index in [1.807, 2.05) is 23.1 Å². The summed E-state index contributed by atoms with van der Waals surface area (Å²) < 4.78 is 0. The zero-order valence-corrected chi connectivity index (χ0v) is 14.7. The Balaban J connectivity index is 1.52. The lowest BCUT2D eigenvalue weighted by atomic mass is 9.95. The third kappa shape index (κ3) is 2.98. The zero-order valence-electron chi connectivity index (χ0n) is 14.7. The Kier molecular flexibility index (Phi) is 4.34. The van der Waals surface area contributed by atoms with Crippen LogP contribution in [-0.2, 0) is 23.2 Å². The Morgan fingerprint density at radius 3 is 2.68 bits per heavy atom. The molecule has 3 nitrogen and oxygen atoms in total. The summed E-state index contributed by atoms with van der Waals surface area (Å²) in [5.41, 5.74) is 9.87. The molecule has 2 atom stereocenters. The number of nitrogens with zero attached hydrogens (tertiary/aromatic N) is 1. The van der Waals surface area contributed by atoms with Crippen molar-refractivity contribution in [1.29, 1.82) is 0 Å². The van der Waals surface area contributed by atoms with Crippen molar-refractivity contribution in [2.75, 3.05) is 13.1 Å². The fourth-order valence-corrected chi connectivity index (χ4v) is 4.49. The van der Waals surface area contributed by atoms with Gasteiger partial charge in [0.15, 0.2) is 0 Å². The average Bonchev–Trinajstić information content (AvgIpc) is 3.28. The monoisotopic (exact) mass is 334 g/mol. The Hall–Kier alpha value is -2.13. The molecule has 2 aromatic rings. The highest BCUT2D eigenvalue weighted by Crippen LogP contribution is 2.62. The number of fused-ring (bicyclic) bond motifs is 2. The molecule has 0 heterocycles. The van der Waals surface area contributed by atoms with Crippen molar-refractivity contribution in [2.45, 2.75) is 37.6 Å². The molecule has 3 heteroatoms. The quantitative estimate of drug-likeness (QED) is 0.881. The maximum absolute atomic E-state index is 13.3. The van der Waals surface area contributed by atoms with Gasteiger partial charge in [0.05, 0.1) is 0 Å². The number of aryl methyl sites for hydroxylation is 1. The van der Waals surface area contributed by atoms with Crippen LogP contribution in [0.2, 0.25) is 0 Å². The number of benzene rings is 2. The van der Waals surface area contributed by atoms with Gasteiger partial charge in [-0.05, 0) is 48.9 Å². The molecule has 0 aliphatic heterocycles. The first kappa shape index (κ1) is 16.3. The van der Waals surface area contributed by atoms with Gasteiger partial charge >= 0.3 is 0 Å².